The number of imide groups is 2. The summed E-state index contributed by atoms with van der Waals surface area (Å²) in [6.45, 7) is 0.595. The highest BCUT2D eigenvalue weighted by Crippen LogP contribution is 2.36. The first-order valence-electron chi connectivity index (χ1n) is 12.8. The average Bonchev–Trinajstić information content (AvgIpc) is 2.99. The van der Waals surface area contributed by atoms with Crippen molar-refractivity contribution in [2.45, 2.75) is 13.2 Å². The number of nitrogens with one attached hydrogen (secondary N) is 1. The minimum atomic E-state index is -0.844. The molecule has 212 valence electrons. The Labute approximate surface area is 261 Å². The van der Waals surface area contributed by atoms with Gasteiger partial charge in [0.1, 0.15) is 24.5 Å². The van der Waals surface area contributed by atoms with E-state index in [1.807, 2.05) is 48.5 Å². The number of amides is 4. The summed E-state index contributed by atoms with van der Waals surface area (Å²) in [5.74, 6) is -0.0522. The number of benzene rings is 4. The number of carbonyl (C=O) groups is 3. The minimum Gasteiger partial charge on any atom is -0.493 e. The number of nitrogens with zero attached hydrogens (tertiary/aromatic N) is 1. The zero-order valence-electron chi connectivity index (χ0n) is 22.3. The number of barbiturate groups is 1. The molecule has 5 rings (SSSR count). The van der Waals surface area contributed by atoms with Crippen molar-refractivity contribution in [3.63, 3.8) is 0 Å². The second-order valence-electron chi connectivity index (χ2n) is 9.14. The van der Waals surface area contributed by atoms with E-state index >= 15 is 0 Å². The van der Waals surface area contributed by atoms with Gasteiger partial charge in [0.2, 0.25) is 0 Å². The van der Waals surface area contributed by atoms with E-state index < -0.39 is 17.8 Å². The van der Waals surface area contributed by atoms with E-state index in [9.17, 15) is 14.4 Å². The van der Waals surface area contributed by atoms with Crippen molar-refractivity contribution >= 4 is 63.8 Å². The number of urea groups is 1. The van der Waals surface area contributed by atoms with Gasteiger partial charge in [-0.3, -0.25) is 14.9 Å². The Kier molecular flexibility index (Phi) is 9.09. The molecule has 4 aromatic rings. The summed E-state index contributed by atoms with van der Waals surface area (Å²) in [5, 5.41) is 2.84. The molecule has 1 saturated heterocycles. The van der Waals surface area contributed by atoms with E-state index in [0.29, 0.717) is 34.4 Å². The Hall–Kier alpha value is -4.35. The number of anilines is 1. The monoisotopic (exact) mass is 694 g/mol. The lowest BCUT2D eigenvalue weighted by atomic mass is 10.1. The van der Waals surface area contributed by atoms with E-state index in [2.05, 4.69) is 27.9 Å². The molecule has 0 saturated carbocycles. The molecule has 0 bridgehead atoms. The van der Waals surface area contributed by atoms with Gasteiger partial charge in [-0.25, -0.2) is 9.69 Å². The van der Waals surface area contributed by atoms with Gasteiger partial charge in [0, 0.05) is 10.6 Å². The van der Waals surface area contributed by atoms with E-state index in [1.54, 1.807) is 42.5 Å². The maximum atomic E-state index is 13.4. The summed E-state index contributed by atoms with van der Waals surface area (Å²) in [5.41, 5.74) is 2.42. The fourth-order valence-corrected chi connectivity index (χ4v) is 5.19. The number of halogens is 2. The van der Waals surface area contributed by atoms with E-state index in [-0.39, 0.29) is 17.9 Å². The second kappa shape index (κ2) is 13.1. The highest BCUT2D eigenvalue weighted by atomic mass is 127. The zero-order valence-corrected chi connectivity index (χ0v) is 25.2. The molecule has 0 unspecified atom stereocenters. The summed E-state index contributed by atoms with van der Waals surface area (Å²) < 4.78 is 18.1. The van der Waals surface area contributed by atoms with Crippen molar-refractivity contribution in [3.8, 4) is 17.2 Å². The van der Waals surface area contributed by atoms with Crippen LogP contribution in [0.15, 0.2) is 96.6 Å². The van der Waals surface area contributed by atoms with Crippen molar-refractivity contribution in [1.82, 2.24) is 5.32 Å². The van der Waals surface area contributed by atoms with Crippen molar-refractivity contribution in [3.05, 3.63) is 122 Å². The molecule has 1 aliphatic heterocycles. The highest BCUT2D eigenvalue weighted by molar-refractivity contribution is 14.1. The van der Waals surface area contributed by atoms with Crippen LogP contribution in [-0.4, -0.2) is 25.0 Å². The Balaban J connectivity index is 1.35. The number of carbonyl (C=O) groups excluding carboxylic acids is 3. The van der Waals surface area contributed by atoms with Crippen LogP contribution in [0.2, 0.25) is 5.02 Å². The summed E-state index contributed by atoms with van der Waals surface area (Å²) in [4.78, 5) is 39.8. The molecule has 1 fully saturated rings. The van der Waals surface area contributed by atoms with Gasteiger partial charge >= 0.3 is 6.03 Å². The van der Waals surface area contributed by atoms with Gasteiger partial charge in [0.05, 0.1) is 16.4 Å². The van der Waals surface area contributed by atoms with Gasteiger partial charge < -0.3 is 14.2 Å². The first-order chi connectivity index (χ1) is 20.3. The molecule has 0 atom stereocenters. The van der Waals surface area contributed by atoms with Crippen LogP contribution < -0.4 is 24.4 Å². The number of ether oxygens (including phenoxy) is 3. The molecule has 0 aliphatic carbocycles. The van der Waals surface area contributed by atoms with Gasteiger partial charge in [-0.15, -0.1) is 0 Å². The van der Waals surface area contributed by atoms with E-state index in [4.69, 9.17) is 25.8 Å². The Morgan fingerprint density at radius 3 is 2.31 bits per heavy atom. The normalized spacial score (nSPS) is 14.1. The van der Waals surface area contributed by atoms with E-state index in [1.165, 1.54) is 13.2 Å². The smallest absolute Gasteiger partial charge is 0.335 e. The van der Waals surface area contributed by atoms with Crippen LogP contribution in [0.3, 0.4) is 0 Å². The molecule has 0 spiro atoms. The number of hydrogen-bond donors (Lipinski definition) is 1. The van der Waals surface area contributed by atoms with Crippen LogP contribution in [0.1, 0.15) is 16.7 Å². The van der Waals surface area contributed by atoms with Gasteiger partial charge in [0.25, 0.3) is 11.8 Å². The molecule has 0 radical (unpaired) electrons. The van der Waals surface area contributed by atoms with Crippen LogP contribution in [0.4, 0.5) is 10.5 Å². The quantitative estimate of drug-likeness (QED) is 0.118. The number of rotatable bonds is 9. The largest absolute Gasteiger partial charge is 0.493 e. The lowest BCUT2D eigenvalue weighted by Crippen LogP contribution is -2.54. The Bertz CT molecular complexity index is 1670. The lowest BCUT2D eigenvalue weighted by Gasteiger charge is -2.26. The molecule has 0 aromatic heterocycles. The van der Waals surface area contributed by atoms with Gasteiger partial charge in [-0.1, -0.05) is 60.1 Å². The summed E-state index contributed by atoms with van der Waals surface area (Å²) >= 11 is 8.30. The minimum absolute atomic E-state index is 0.204. The third kappa shape index (κ3) is 6.58. The molecule has 42 heavy (non-hydrogen) atoms. The predicted molar refractivity (Wildman–Crippen MR) is 168 cm³/mol. The van der Waals surface area contributed by atoms with Gasteiger partial charge in [-0.05, 0) is 82.3 Å². The second-order valence-corrected chi connectivity index (χ2v) is 10.7. The van der Waals surface area contributed by atoms with Gasteiger partial charge in [-0.2, -0.15) is 0 Å². The Morgan fingerprint density at radius 1 is 0.881 bits per heavy atom. The fourth-order valence-electron chi connectivity index (χ4n) is 4.22. The first-order valence-corrected chi connectivity index (χ1v) is 14.2. The van der Waals surface area contributed by atoms with Crippen LogP contribution in [0.25, 0.3) is 6.08 Å². The summed E-state index contributed by atoms with van der Waals surface area (Å²) in [6.07, 6.45) is 1.42. The molecule has 4 aromatic carbocycles. The SMILES string of the molecule is COc1cc(/C=C2\C(=O)NC(=O)N(c3ccc(OCc4ccccc4Cl)cc3)C2=O)cc(I)c1OCc1ccccc1. The summed E-state index contributed by atoms with van der Waals surface area (Å²) in [7, 11) is 1.51. The maximum Gasteiger partial charge on any atom is 0.335 e. The topological polar surface area (TPSA) is 94.2 Å². The molecule has 10 heteroatoms. The van der Waals surface area contributed by atoms with Crippen LogP contribution >= 0.6 is 34.2 Å². The number of hydrogen-bond acceptors (Lipinski definition) is 6. The lowest BCUT2D eigenvalue weighted by molar-refractivity contribution is -0.122. The van der Waals surface area contributed by atoms with Crippen LogP contribution in [-0.2, 0) is 22.8 Å². The van der Waals surface area contributed by atoms with Crippen LogP contribution in [0, 0.1) is 3.57 Å². The molecule has 8 nitrogen and oxygen atoms in total. The standard InChI is InChI=1S/C32H24ClIN2O6/c1-40-28-17-21(16-27(34)29(28)42-18-20-7-3-2-4-8-20)15-25-30(37)35-32(39)36(31(25)38)23-11-13-24(14-12-23)41-19-22-9-5-6-10-26(22)33/h2-17H,18-19H2,1H3,(H,35,37,39)/b25-15+. The van der Waals surface area contributed by atoms with Crippen molar-refractivity contribution in [2.75, 3.05) is 12.0 Å². The molecular formula is C32H24ClIN2O6. The van der Waals surface area contributed by atoms with Crippen molar-refractivity contribution in [2.24, 2.45) is 0 Å². The van der Waals surface area contributed by atoms with Gasteiger partial charge in [0.15, 0.2) is 11.5 Å². The van der Waals surface area contributed by atoms with Crippen LogP contribution in [0.5, 0.6) is 17.2 Å². The molecule has 4 amide bonds. The molecule has 1 N–H and O–H groups in total. The Morgan fingerprint density at radius 2 is 1.60 bits per heavy atom. The van der Waals surface area contributed by atoms with Crippen molar-refractivity contribution in [1.29, 1.82) is 0 Å². The third-order valence-electron chi connectivity index (χ3n) is 6.34. The third-order valence-corrected chi connectivity index (χ3v) is 7.51. The molecule has 1 heterocycles. The highest BCUT2D eigenvalue weighted by Gasteiger charge is 2.37. The number of methoxy groups -OCH3 is 1. The first kappa shape index (κ1) is 29.2. The molecular weight excluding hydrogens is 671 g/mol. The summed E-state index contributed by atoms with van der Waals surface area (Å²) in [6, 6.07) is 26.0. The predicted octanol–water partition coefficient (Wildman–Crippen LogP) is 6.78. The van der Waals surface area contributed by atoms with E-state index in [0.717, 1.165) is 19.6 Å². The van der Waals surface area contributed by atoms with Crippen molar-refractivity contribution < 1.29 is 28.6 Å². The average molecular weight is 695 g/mol. The maximum absolute atomic E-state index is 13.4. The fraction of sp³-hybridized carbons (Fsp3) is 0.0938. The molecule has 1 aliphatic rings. The zero-order chi connectivity index (χ0) is 29.6.